The number of nitrogens with zero attached hydrogens (tertiary/aromatic N) is 4. The number of aromatic nitrogens is 4. The van der Waals surface area contributed by atoms with Crippen molar-refractivity contribution in [1.29, 1.82) is 0 Å². The Hall–Kier alpha value is -2.08. The van der Waals surface area contributed by atoms with E-state index in [1.807, 2.05) is 18.2 Å². The van der Waals surface area contributed by atoms with Gasteiger partial charge in [-0.15, -0.1) is 16.4 Å². The number of thiophene rings is 1. The molecular formula is C16H16N4OS. The number of hydrogen-bond donors (Lipinski definition) is 0. The van der Waals surface area contributed by atoms with Crippen LogP contribution in [0.5, 0.6) is 0 Å². The first-order valence-electron chi connectivity index (χ1n) is 7.50. The molecule has 0 aliphatic heterocycles. The molecule has 3 aromatic rings. The van der Waals surface area contributed by atoms with E-state index in [1.54, 1.807) is 17.5 Å². The van der Waals surface area contributed by atoms with Gasteiger partial charge in [-0.1, -0.05) is 18.2 Å². The summed E-state index contributed by atoms with van der Waals surface area (Å²) in [5.41, 5.74) is 1.98. The molecule has 5 nitrogen and oxygen atoms in total. The Morgan fingerprint density at radius 1 is 1.41 bits per heavy atom. The van der Waals surface area contributed by atoms with E-state index < -0.39 is 0 Å². The highest BCUT2D eigenvalue weighted by atomic mass is 32.1. The van der Waals surface area contributed by atoms with E-state index in [0.717, 1.165) is 35.2 Å². The summed E-state index contributed by atoms with van der Waals surface area (Å²) in [4.78, 5) is 19.1. The van der Waals surface area contributed by atoms with Crippen molar-refractivity contribution in [3.63, 3.8) is 0 Å². The maximum atomic E-state index is 12.8. The first-order valence-corrected chi connectivity index (χ1v) is 8.32. The SMILES string of the molecule is CC1CCc2c(sc3nnn(Cc4ccccn4)c(=O)c23)C1. The van der Waals surface area contributed by atoms with Crippen LogP contribution in [-0.2, 0) is 19.4 Å². The standard InChI is InChI=1S/C16H16N4OS/c1-10-5-6-12-13(8-10)22-15-14(12)16(21)20(19-18-15)9-11-4-2-3-7-17-11/h2-4,7,10H,5-6,8-9H2,1H3. The fourth-order valence-electron chi connectivity index (χ4n) is 3.04. The molecule has 0 aromatic carbocycles. The Morgan fingerprint density at radius 3 is 3.14 bits per heavy atom. The van der Waals surface area contributed by atoms with Crippen molar-refractivity contribution >= 4 is 21.6 Å². The highest BCUT2D eigenvalue weighted by Gasteiger charge is 2.23. The predicted octanol–water partition coefficient (Wildman–Crippen LogP) is 2.42. The van der Waals surface area contributed by atoms with Gasteiger partial charge < -0.3 is 0 Å². The molecule has 1 atom stereocenters. The lowest BCUT2D eigenvalue weighted by Gasteiger charge is -2.17. The highest BCUT2D eigenvalue weighted by Crippen LogP contribution is 2.35. The third-order valence-electron chi connectivity index (χ3n) is 4.22. The molecule has 0 amide bonds. The lowest BCUT2D eigenvalue weighted by atomic mass is 9.89. The van der Waals surface area contributed by atoms with Crippen LogP contribution in [0.25, 0.3) is 10.2 Å². The summed E-state index contributed by atoms with van der Waals surface area (Å²) < 4.78 is 1.43. The topological polar surface area (TPSA) is 60.7 Å². The normalized spacial score (nSPS) is 17.6. The Bertz CT molecular complexity index is 884. The van der Waals surface area contributed by atoms with Crippen LogP contribution < -0.4 is 5.56 Å². The molecular weight excluding hydrogens is 296 g/mol. The van der Waals surface area contributed by atoms with E-state index in [-0.39, 0.29) is 5.56 Å². The lowest BCUT2D eigenvalue weighted by Crippen LogP contribution is -2.25. The molecule has 112 valence electrons. The molecule has 0 N–H and O–H groups in total. The van der Waals surface area contributed by atoms with Gasteiger partial charge in [0.1, 0.15) is 0 Å². The number of fused-ring (bicyclic) bond motifs is 3. The van der Waals surface area contributed by atoms with Crippen LogP contribution in [0.4, 0.5) is 0 Å². The number of pyridine rings is 1. The second kappa shape index (κ2) is 5.28. The van der Waals surface area contributed by atoms with Crippen molar-refractivity contribution < 1.29 is 0 Å². The summed E-state index contributed by atoms with van der Waals surface area (Å²) in [5.74, 6) is 0.685. The van der Waals surface area contributed by atoms with Crippen LogP contribution >= 0.6 is 11.3 Å². The van der Waals surface area contributed by atoms with E-state index in [9.17, 15) is 4.79 Å². The number of aryl methyl sites for hydroxylation is 1. The molecule has 0 radical (unpaired) electrons. The second-order valence-corrected chi connectivity index (χ2v) is 6.99. The summed E-state index contributed by atoms with van der Waals surface area (Å²) in [5, 5.41) is 9.14. The Balaban J connectivity index is 1.82. The zero-order chi connectivity index (χ0) is 15.1. The molecule has 0 fully saturated rings. The molecule has 4 rings (SSSR count). The van der Waals surface area contributed by atoms with Crippen molar-refractivity contribution in [2.75, 3.05) is 0 Å². The van der Waals surface area contributed by atoms with Crippen molar-refractivity contribution in [3.05, 3.63) is 50.9 Å². The Labute approximate surface area is 131 Å². The molecule has 3 heterocycles. The number of hydrogen-bond acceptors (Lipinski definition) is 5. The van der Waals surface area contributed by atoms with Crippen molar-refractivity contribution in [2.45, 2.75) is 32.7 Å². The fourth-order valence-corrected chi connectivity index (χ4v) is 4.36. The maximum Gasteiger partial charge on any atom is 0.279 e. The summed E-state index contributed by atoms with van der Waals surface area (Å²) >= 11 is 1.63. The van der Waals surface area contributed by atoms with E-state index in [2.05, 4.69) is 22.2 Å². The Kier molecular flexibility index (Phi) is 3.26. The second-order valence-electron chi connectivity index (χ2n) is 5.91. The monoisotopic (exact) mass is 312 g/mol. The molecule has 22 heavy (non-hydrogen) atoms. The van der Waals surface area contributed by atoms with Crippen LogP contribution in [-0.4, -0.2) is 20.0 Å². The van der Waals surface area contributed by atoms with E-state index in [0.29, 0.717) is 12.5 Å². The third-order valence-corrected chi connectivity index (χ3v) is 5.36. The van der Waals surface area contributed by atoms with Gasteiger partial charge >= 0.3 is 0 Å². The van der Waals surface area contributed by atoms with Gasteiger partial charge in [-0.3, -0.25) is 9.78 Å². The predicted molar refractivity (Wildman–Crippen MR) is 86.2 cm³/mol. The quantitative estimate of drug-likeness (QED) is 0.729. The molecule has 0 bridgehead atoms. The van der Waals surface area contributed by atoms with Gasteiger partial charge in [-0.05, 0) is 42.9 Å². The van der Waals surface area contributed by atoms with Crippen LogP contribution in [0.3, 0.4) is 0 Å². The average molecular weight is 312 g/mol. The van der Waals surface area contributed by atoms with Gasteiger partial charge in [0.2, 0.25) is 0 Å². The minimum Gasteiger partial charge on any atom is -0.267 e. The molecule has 1 aliphatic carbocycles. The maximum absolute atomic E-state index is 12.8. The molecule has 6 heteroatoms. The van der Waals surface area contributed by atoms with Gasteiger partial charge in [0.15, 0.2) is 4.83 Å². The summed E-state index contributed by atoms with van der Waals surface area (Å²) in [7, 11) is 0. The first-order chi connectivity index (χ1) is 10.7. The summed E-state index contributed by atoms with van der Waals surface area (Å²) in [6.07, 6.45) is 4.89. The molecule has 0 spiro atoms. The zero-order valence-corrected chi connectivity index (χ0v) is 13.1. The lowest BCUT2D eigenvalue weighted by molar-refractivity contribution is 0.508. The van der Waals surface area contributed by atoms with Crippen LogP contribution in [0.1, 0.15) is 29.5 Å². The Morgan fingerprint density at radius 2 is 2.32 bits per heavy atom. The van der Waals surface area contributed by atoms with Crippen LogP contribution in [0, 0.1) is 5.92 Å². The van der Waals surface area contributed by atoms with Gasteiger partial charge in [0.05, 0.1) is 17.6 Å². The number of rotatable bonds is 2. The molecule has 0 saturated carbocycles. The van der Waals surface area contributed by atoms with Crippen LogP contribution in [0.15, 0.2) is 29.2 Å². The average Bonchev–Trinajstić information content (AvgIpc) is 2.89. The van der Waals surface area contributed by atoms with E-state index in [4.69, 9.17) is 0 Å². The summed E-state index contributed by atoms with van der Waals surface area (Å²) in [6, 6.07) is 5.66. The van der Waals surface area contributed by atoms with Crippen molar-refractivity contribution in [2.24, 2.45) is 5.92 Å². The smallest absolute Gasteiger partial charge is 0.267 e. The first kappa shape index (κ1) is 13.6. The minimum atomic E-state index is -0.0392. The van der Waals surface area contributed by atoms with Gasteiger partial charge in [-0.2, -0.15) is 0 Å². The molecule has 1 unspecified atom stereocenters. The zero-order valence-electron chi connectivity index (χ0n) is 12.3. The van der Waals surface area contributed by atoms with Gasteiger partial charge in [0.25, 0.3) is 5.56 Å². The highest BCUT2D eigenvalue weighted by molar-refractivity contribution is 7.18. The molecule has 0 saturated heterocycles. The van der Waals surface area contributed by atoms with E-state index in [1.165, 1.54) is 15.1 Å². The molecule has 3 aromatic heterocycles. The van der Waals surface area contributed by atoms with Gasteiger partial charge in [-0.25, -0.2) is 4.68 Å². The van der Waals surface area contributed by atoms with E-state index >= 15 is 0 Å². The summed E-state index contributed by atoms with van der Waals surface area (Å²) in [6.45, 7) is 2.63. The largest absolute Gasteiger partial charge is 0.279 e. The minimum absolute atomic E-state index is 0.0392. The van der Waals surface area contributed by atoms with Crippen molar-refractivity contribution in [3.8, 4) is 0 Å². The van der Waals surface area contributed by atoms with Crippen molar-refractivity contribution in [1.82, 2.24) is 20.0 Å². The fraction of sp³-hybridized carbons (Fsp3) is 0.375. The molecule has 1 aliphatic rings. The van der Waals surface area contributed by atoms with Crippen LogP contribution in [0.2, 0.25) is 0 Å². The van der Waals surface area contributed by atoms with Gasteiger partial charge in [0, 0.05) is 11.1 Å². The third kappa shape index (κ3) is 2.23.